The molecule has 0 spiro atoms. The first-order valence-corrected chi connectivity index (χ1v) is 9.62. The number of nitrogens with one attached hydrogen (secondary N) is 1. The number of aromatic nitrogens is 1. The van der Waals surface area contributed by atoms with Crippen LogP contribution < -0.4 is 10.1 Å². The van der Waals surface area contributed by atoms with Gasteiger partial charge in [-0.05, 0) is 36.4 Å². The van der Waals surface area contributed by atoms with E-state index in [1.165, 1.54) is 18.2 Å². The molecule has 0 bridgehead atoms. The molecule has 0 saturated carbocycles. The van der Waals surface area contributed by atoms with Gasteiger partial charge in [0.1, 0.15) is 12.4 Å². The van der Waals surface area contributed by atoms with Crippen LogP contribution in [-0.2, 0) is 6.61 Å². The Kier molecular flexibility index (Phi) is 5.44. The molecule has 0 unspecified atom stereocenters. The predicted octanol–water partition coefficient (Wildman–Crippen LogP) is 5.33. The monoisotopic (exact) mass is 467 g/mol. The number of para-hydroxylation sites is 2. The van der Waals surface area contributed by atoms with E-state index in [1.54, 1.807) is 30.5 Å². The number of anilines is 1. The fourth-order valence-electron chi connectivity index (χ4n) is 2.88. The second-order valence-electron chi connectivity index (χ2n) is 6.23. The van der Waals surface area contributed by atoms with Gasteiger partial charge in [0.2, 0.25) is 0 Å². The molecule has 30 heavy (non-hydrogen) atoms. The van der Waals surface area contributed by atoms with Gasteiger partial charge in [0.15, 0.2) is 11.5 Å². The molecule has 0 atom stereocenters. The zero-order valence-electron chi connectivity index (χ0n) is 15.4. The summed E-state index contributed by atoms with van der Waals surface area (Å²) in [5.74, 6) is 0.124. The number of amides is 1. The number of carbonyl (C=O) groups is 1. The van der Waals surface area contributed by atoms with Crippen molar-refractivity contribution in [3.63, 3.8) is 0 Å². The number of furan rings is 1. The topological polar surface area (TPSA) is 108 Å². The first-order chi connectivity index (χ1) is 14.5. The quantitative estimate of drug-likeness (QED) is 0.303. The fourth-order valence-corrected chi connectivity index (χ4v) is 3.33. The van der Waals surface area contributed by atoms with Gasteiger partial charge in [0, 0.05) is 22.1 Å². The lowest BCUT2D eigenvalue weighted by atomic mass is 10.2. The molecule has 2 aromatic heterocycles. The Hall–Kier alpha value is -3.72. The Morgan fingerprint density at radius 3 is 2.80 bits per heavy atom. The number of benzene rings is 2. The molecule has 4 aromatic rings. The lowest BCUT2D eigenvalue weighted by Crippen LogP contribution is -2.11. The van der Waals surface area contributed by atoms with Crippen molar-refractivity contribution in [3.05, 3.63) is 93.0 Å². The van der Waals surface area contributed by atoms with Crippen molar-refractivity contribution >= 4 is 44.1 Å². The van der Waals surface area contributed by atoms with Crippen molar-refractivity contribution in [3.8, 4) is 5.75 Å². The van der Waals surface area contributed by atoms with E-state index in [9.17, 15) is 14.9 Å². The van der Waals surface area contributed by atoms with Gasteiger partial charge >= 0.3 is 5.69 Å². The van der Waals surface area contributed by atoms with E-state index in [1.807, 2.05) is 18.2 Å². The maximum Gasteiger partial charge on any atom is 0.310 e. The number of rotatable bonds is 6. The molecule has 0 fully saturated rings. The summed E-state index contributed by atoms with van der Waals surface area (Å²) in [6.07, 6.45) is 1.65. The molecule has 0 aliphatic rings. The molecule has 0 aliphatic heterocycles. The standard InChI is InChI=1S/C21H14BrN3O5/c22-15-8-9-16(20-14(15)4-3-11-23-20)24-21(26)19-10-7-13(30-19)12-29-18-6-2-1-5-17(18)25(27)28/h1-11H,12H2,(H,24,26). The van der Waals surface area contributed by atoms with Crippen molar-refractivity contribution in [2.45, 2.75) is 6.61 Å². The van der Waals surface area contributed by atoms with E-state index in [4.69, 9.17) is 9.15 Å². The van der Waals surface area contributed by atoms with Crippen LogP contribution in [0.3, 0.4) is 0 Å². The Labute approximate surface area is 178 Å². The third kappa shape index (κ3) is 4.01. The molecular weight excluding hydrogens is 454 g/mol. The molecule has 1 N–H and O–H groups in total. The van der Waals surface area contributed by atoms with Crippen LogP contribution in [0.25, 0.3) is 10.9 Å². The highest BCUT2D eigenvalue weighted by molar-refractivity contribution is 9.10. The number of nitro benzene ring substituents is 1. The minimum absolute atomic E-state index is 0.0547. The van der Waals surface area contributed by atoms with E-state index in [0.29, 0.717) is 17.0 Å². The number of ether oxygens (including phenoxy) is 1. The van der Waals surface area contributed by atoms with Crippen molar-refractivity contribution in [1.29, 1.82) is 0 Å². The highest BCUT2D eigenvalue weighted by Gasteiger charge is 2.17. The summed E-state index contributed by atoms with van der Waals surface area (Å²) in [7, 11) is 0. The number of nitrogens with zero attached hydrogens (tertiary/aromatic N) is 2. The highest BCUT2D eigenvalue weighted by Crippen LogP contribution is 2.29. The third-order valence-corrected chi connectivity index (χ3v) is 4.97. The summed E-state index contributed by atoms with van der Waals surface area (Å²) in [5.41, 5.74) is 1.05. The van der Waals surface area contributed by atoms with Crippen molar-refractivity contribution in [2.75, 3.05) is 5.32 Å². The third-order valence-electron chi connectivity index (χ3n) is 4.28. The van der Waals surface area contributed by atoms with Gasteiger partial charge in [-0.3, -0.25) is 19.9 Å². The van der Waals surface area contributed by atoms with Crippen LogP contribution >= 0.6 is 15.9 Å². The lowest BCUT2D eigenvalue weighted by molar-refractivity contribution is -0.386. The fraction of sp³-hybridized carbons (Fsp3) is 0.0476. The van der Waals surface area contributed by atoms with Crippen molar-refractivity contribution < 1.29 is 18.9 Å². The Bertz CT molecular complexity index is 1250. The van der Waals surface area contributed by atoms with E-state index < -0.39 is 10.8 Å². The Balaban J connectivity index is 1.48. The van der Waals surface area contributed by atoms with E-state index in [2.05, 4.69) is 26.2 Å². The maximum absolute atomic E-state index is 12.6. The molecule has 8 nitrogen and oxygen atoms in total. The maximum atomic E-state index is 12.6. The lowest BCUT2D eigenvalue weighted by Gasteiger charge is -2.08. The molecule has 0 saturated heterocycles. The predicted molar refractivity (Wildman–Crippen MR) is 114 cm³/mol. The molecule has 1 amide bonds. The molecule has 0 radical (unpaired) electrons. The number of hydrogen-bond donors (Lipinski definition) is 1. The van der Waals surface area contributed by atoms with Gasteiger partial charge in [-0.1, -0.05) is 34.1 Å². The summed E-state index contributed by atoms with van der Waals surface area (Å²) in [4.78, 5) is 27.5. The number of nitro groups is 1. The van der Waals surface area contributed by atoms with Crippen LogP contribution in [0.5, 0.6) is 5.75 Å². The van der Waals surface area contributed by atoms with Crippen LogP contribution in [0.4, 0.5) is 11.4 Å². The van der Waals surface area contributed by atoms with Crippen molar-refractivity contribution in [1.82, 2.24) is 4.98 Å². The van der Waals surface area contributed by atoms with Gasteiger partial charge in [0.25, 0.3) is 5.91 Å². The Morgan fingerprint density at radius 2 is 1.97 bits per heavy atom. The minimum Gasteiger partial charge on any atom is -0.479 e. The molecular formula is C21H14BrN3O5. The highest BCUT2D eigenvalue weighted by atomic mass is 79.9. The number of fused-ring (bicyclic) bond motifs is 1. The average Bonchev–Trinajstić information content (AvgIpc) is 3.24. The van der Waals surface area contributed by atoms with E-state index in [-0.39, 0.29) is 23.8 Å². The molecule has 9 heteroatoms. The van der Waals surface area contributed by atoms with Crippen LogP contribution in [0.15, 0.2) is 75.8 Å². The normalized spacial score (nSPS) is 10.7. The van der Waals surface area contributed by atoms with Crippen molar-refractivity contribution in [2.24, 2.45) is 0 Å². The smallest absolute Gasteiger partial charge is 0.310 e. The number of hydrogen-bond acceptors (Lipinski definition) is 6. The van der Waals surface area contributed by atoms with Crippen LogP contribution in [-0.4, -0.2) is 15.8 Å². The summed E-state index contributed by atoms with van der Waals surface area (Å²) < 4.78 is 11.9. The van der Waals surface area contributed by atoms with Crippen LogP contribution in [0.2, 0.25) is 0 Å². The molecule has 2 aromatic carbocycles. The summed E-state index contributed by atoms with van der Waals surface area (Å²) in [5, 5.41) is 14.7. The van der Waals surface area contributed by atoms with Gasteiger partial charge in [-0.15, -0.1) is 0 Å². The minimum atomic E-state index is -0.521. The number of carbonyl (C=O) groups excluding carboxylic acids is 1. The van der Waals surface area contributed by atoms with Gasteiger partial charge in [-0.25, -0.2) is 0 Å². The average molecular weight is 468 g/mol. The number of pyridine rings is 1. The molecule has 4 rings (SSSR count). The first kappa shape index (κ1) is 19.6. The van der Waals surface area contributed by atoms with Crippen LogP contribution in [0.1, 0.15) is 16.3 Å². The van der Waals surface area contributed by atoms with E-state index >= 15 is 0 Å². The summed E-state index contributed by atoms with van der Waals surface area (Å²) in [6, 6.07) is 16.4. The zero-order valence-corrected chi connectivity index (χ0v) is 17.0. The zero-order chi connectivity index (χ0) is 21.1. The summed E-state index contributed by atoms with van der Waals surface area (Å²) >= 11 is 3.47. The van der Waals surface area contributed by atoms with Gasteiger partial charge in [-0.2, -0.15) is 0 Å². The second kappa shape index (κ2) is 8.34. The largest absolute Gasteiger partial charge is 0.479 e. The Morgan fingerprint density at radius 1 is 1.13 bits per heavy atom. The first-order valence-electron chi connectivity index (χ1n) is 8.82. The molecule has 0 aliphatic carbocycles. The van der Waals surface area contributed by atoms with Gasteiger partial charge in [0.05, 0.1) is 16.1 Å². The summed E-state index contributed by atoms with van der Waals surface area (Å²) in [6.45, 7) is -0.0547. The van der Waals surface area contributed by atoms with Crippen LogP contribution in [0, 0.1) is 10.1 Å². The van der Waals surface area contributed by atoms with Gasteiger partial charge < -0.3 is 14.5 Å². The molecule has 150 valence electrons. The number of halogens is 1. The molecule has 2 heterocycles. The SMILES string of the molecule is O=C(Nc1ccc(Br)c2cccnc12)c1ccc(COc2ccccc2[N+](=O)[O-])o1. The second-order valence-corrected chi connectivity index (χ2v) is 7.08. The van der Waals surface area contributed by atoms with E-state index in [0.717, 1.165) is 9.86 Å².